The Bertz CT molecular complexity index is 878. The van der Waals surface area contributed by atoms with E-state index in [1.54, 1.807) is 23.5 Å². The van der Waals surface area contributed by atoms with Gasteiger partial charge in [-0.2, -0.15) is 16.3 Å². The molecule has 0 saturated carbocycles. The van der Waals surface area contributed by atoms with Crippen LogP contribution in [0.3, 0.4) is 0 Å². The zero-order valence-electron chi connectivity index (χ0n) is 13.4. The molecule has 0 N–H and O–H groups in total. The van der Waals surface area contributed by atoms with Crippen molar-refractivity contribution in [3.63, 3.8) is 0 Å². The average Bonchev–Trinajstić information content (AvgIpc) is 3.36. The van der Waals surface area contributed by atoms with Crippen LogP contribution in [-0.2, 0) is 6.54 Å². The van der Waals surface area contributed by atoms with Gasteiger partial charge in [0.15, 0.2) is 0 Å². The predicted molar refractivity (Wildman–Crippen MR) is 93.1 cm³/mol. The summed E-state index contributed by atoms with van der Waals surface area (Å²) in [6.07, 6.45) is 2.27. The molecule has 1 atom stereocenters. The maximum atomic E-state index is 10.9. The van der Waals surface area contributed by atoms with Crippen LogP contribution in [-0.4, -0.2) is 26.5 Å². The van der Waals surface area contributed by atoms with Crippen LogP contribution in [0, 0.1) is 10.1 Å². The van der Waals surface area contributed by atoms with E-state index < -0.39 is 4.92 Å². The Kier molecular flexibility index (Phi) is 4.29. The molecule has 0 aliphatic carbocycles. The molecule has 2 aromatic heterocycles. The molecule has 25 heavy (non-hydrogen) atoms. The molecule has 0 bridgehead atoms. The first-order chi connectivity index (χ1) is 12.2. The van der Waals surface area contributed by atoms with E-state index >= 15 is 0 Å². The van der Waals surface area contributed by atoms with Gasteiger partial charge in [0, 0.05) is 23.7 Å². The normalized spacial score (nSPS) is 17.8. The molecule has 0 spiro atoms. The number of nitro groups is 1. The van der Waals surface area contributed by atoms with Crippen molar-refractivity contribution < 1.29 is 9.45 Å². The summed E-state index contributed by atoms with van der Waals surface area (Å²) in [4.78, 5) is 17.2. The van der Waals surface area contributed by atoms with Crippen LogP contribution < -0.4 is 0 Å². The molecular weight excluding hydrogens is 340 g/mol. The van der Waals surface area contributed by atoms with E-state index in [1.807, 2.05) is 0 Å². The zero-order chi connectivity index (χ0) is 17.2. The van der Waals surface area contributed by atoms with E-state index in [0.717, 1.165) is 19.4 Å². The summed E-state index contributed by atoms with van der Waals surface area (Å²) < 4.78 is 5.38. The lowest BCUT2D eigenvalue weighted by Gasteiger charge is -2.21. The van der Waals surface area contributed by atoms with Gasteiger partial charge in [0.1, 0.15) is 0 Å². The smallest absolute Gasteiger partial charge is 0.270 e. The van der Waals surface area contributed by atoms with Crippen LogP contribution in [0.15, 0.2) is 45.6 Å². The first kappa shape index (κ1) is 15.9. The van der Waals surface area contributed by atoms with Gasteiger partial charge in [0.25, 0.3) is 5.69 Å². The molecular formula is C17H16N4O3S. The summed E-state index contributed by atoms with van der Waals surface area (Å²) in [7, 11) is 0. The number of nitro benzene ring substituents is 1. The van der Waals surface area contributed by atoms with Crippen LogP contribution in [0.4, 0.5) is 5.69 Å². The van der Waals surface area contributed by atoms with Crippen LogP contribution >= 0.6 is 11.3 Å². The number of hydrogen-bond donors (Lipinski definition) is 0. The predicted octanol–water partition coefficient (Wildman–Crippen LogP) is 4.04. The minimum absolute atomic E-state index is 0.0147. The van der Waals surface area contributed by atoms with Gasteiger partial charge in [-0.05, 0) is 41.8 Å². The molecule has 1 aromatic carbocycles. The van der Waals surface area contributed by atoms with E-state index in [9.17, 15) is 10.1 Å². The van der Waals surface area contributed by atoms with E-state index in [4.69, 9.17) is 4.52 Å². The second kappa shape index (κ2) is 6.73. The highest BCUT2D eigenvalue weighted by atomic mass is 32.1. The maximum Gasteiger partial charge on any atom is 0.270 e. The number of rotatable bonds is 5. The molecule has 1 unspecified atom stereocenters. The van der Waals surface area contributed by atoms with Gasteiger partial charge in [-0.15, -0.1) is 0 Å². The van der Waals surface area contributed by atoms with Gasteiger partial charge in [-0.1, -0.05) is 17.3 Å². The summed E-state index contributed by atoms with van der Waals surface area (Å²) in [6.45, 7) is 1.58. The number of hydrogen-bond acceptors (Lipinski definition) is 7. The maximum absolute atomic E-state index is 10.9. The third-order valence-corrected chi connectivity index (χ3v) is 5.11. The number of benzene rings is 1. The molecule has 128 valence electrons. The highest BCUT2D eigenvalue weighted by molar-refractivity contribution is 7.07. The largest absolute Gasteiger partial charge is 0.338 e. The molecule has 0 amide bonds. The summed E-state index contributed by atoms with van der Waals surface area (Å²) in [6, 6.07) is 8.82. The zero-order valence-corrected chi connectivity index (χ0v) is 14.2. The van der Waals surface area contributed by atoms with Crippen molar-refractivity contribution >= 4 is 17.0 Å². The molecule has 1 aliphatic heterocycles. The van der Waals surface area contributed by atoms with E-state index in [0.29, 0.717) is 29.9 Å². The quantitative estimate of drug-likeness (QED) is 0.506. The highest BCUT2D eigenvalue weighted by Crippen LogP contribution is 2.34. The summed E-state index contributed by atoms with van der Waals surface area (Å²) in [5.74, 6) is 0.911. The monoisotopic (exact) mass is 356 g/mol. The van der Waals surface area contributed by atoms with Gasteiger partial charge in [0.2, 0.25) is 11.7 Å². The van der Waals surface area contributed by atoms with Crippen molar-refractivity contribution in [2.75, 3.05) is 6.54 Å². The van der Waals surface area contributed by atoms with Crippen molar-refractivity contribution in [3.8, 4) is 11.4 Å². The Morgan fingerprint density at radius 3 is 3.12 bits per heavy atom. The Hall–Kier alpha value is -2.58. The lowest BCUT2D eigenvalue weighted by atomic mass is 10.1. The van der Waals surface area contributed by atoms with E-state index in [-0.39, 0.29) is 5.69 Å². The van der Waals surface area contributed by atoms with Gasteiger partial charge < -0.3 is 4.52 Å². The third kappa shape index (κ3) is 3.31. The van der Waals surface area contributed by atoms with Crippen molar-refractivity contribution in [3.05, 3.63) is 62.7 Å². The van der Waals surface area contributed by atoms with Crippen molar-refractivity contribution in [2.24, 2.45) is 0 Å². The second-order valence-corrected chi connectivity index (χ2v) is 6.78. The standard InChI is InChI=1S/C17H16N4O3S/c22-21(23)14-4-1-3-12(9-14)17-18-16(24-19-17)10-20-7-2-5-15(20)13-6-8-25-11-13/h1,3-4,6,8-9,11,15H,2,5,7,10H2. The molecule has 0 radical (unpaired) electrons. The summed E-state index contributed by atoms with van der Waals surface area (Å²) in [5.41, 5.74) is 1.93. The highest BCUT2D eigenvalue weighted by Gasteiger charge is 2.28. The van der Waals surface area contributed by atoms with Crippen LogP contribution in [0.25, 0.3) is 11.4 Å². The van der Waals surface area contributed by atoms with Gasteiger partial charge in [0.05, 0.1) is 11.5 Å². The molecule has 1 aliphatic rings. The van der Waals surface area contributed by atoms with Gasteiger partial charge >= 0.3 is 0 Å². The van der Waals surface area contributed by atoms with Gasteiger partial charge in [-0.3, -0.25) is 15.0 Å². The molecule has 4 rings (SSSR count). The third-order valence-electron chi connectivity index (χ3n) is 4.41. The Morgan fingerprint density at radius 2 is 2.32 bits per heavy atom. The SMILES string of the molecule is O=[N+]([O-])c1cccc(-c2noc(CN3CCCC3c3ccsc3)n2)c1. The minimum atomic E-state index is -0.430. The number of aromatic nitrogens is 2. The number of likely N-dealkylation sites (tertiary alicyclic amines) is 1. The first-order valence-electron chi connectivity index (χ1n) is 8.04. The topological polar surface area (TPSA) is 85.3 Å². The Balaban J connectivity index is 1.52. The fourth-order valence-electron chi connectivity index (χ4n) is 3.23. The van der Waals surface area contributed by atoms with E-state index in [1.165, 1.54) is 17.7 Å². The fourth-order valence-corrected chi connectivity index (χ4v) is 3.93. The second-order valence-electron chi connectivity index (χ2n) is 6.00. The Labute approximate surface area is 148 Å². The Morgan fingerprint density at radius 1 is 1.40 bits per heavy atom. The van der Waals surface area contributed by atoms with Crippen LogP contribution in [0.1, 0.15) is 30.3 Å². The van der Waals surface area contributed by atoms with Crippen molar-refractivity contribution in [2.45, 2.75) is 25.4 Å². The van der Waals surface area contributed by atoms with E-state index in [2.05, 4.69) is 31.9 Å². The molecule has 1 saturated heterocycles. The number of nitrogens with zero attached hydrogens (tertiary/aromatic N) is 4. The minimum Gasteiger partial charge on any atom is -0.338 e. The molecule has 8 heteroatoms. The fraction of sp³-hybridized carbons (Fsp3) is 0.294. The summed E-state index contributed by atoms with van der Waals surface area (Å²) >= 11 is 1.71. The van der Waals surface area contributed by atoms with Gasteiger partial charge in [-0.25, -0.2) is 0 Å². The van der Waals surface area contributed by atoms with Crippen LogP contribution in [0.2, 0.25) is 0 Å². The molecule has 3 heterocycles. The molecule has 7 nitrogen and oxygen atoms in total. The number of thiophene rings is 1. The lowest BCUT2D eigenvalue weighted by Crippen LogP contribution is -2.22. The van der Waals surface area contributed by atoms with Crippen molar-refractivity contribution in [1.82, 2.24) is 15.0 Å². The lowest BCUT2D eigenvalue weighted by molar-refractivity contribution is -0.384. The molecule has 3 aromatic rings. The first-order valence-corrected chi connectivity index (χ1v) is 8.98. The van der Waals surface area contributed by atoms with Crippen molar-refractivity contribution in [1.29, 1.82) is 0 Å². The molecule has 1 fully saturated rings. The average molecular weight is 356 g/mol. The van der Waals surface area contributed by atoms with Crippen LogP contribution in [0.5, 0.6) is 0 Å². The summed E-state index contributed by atoms with van der Waals surface area (Å²) in [5, 5.41) is 19.2. The number of non-ortho nitro benzene ring substituents is 1.